The molecule has 0 radical (unpaired) electrons. The summed E-state index contributed by atoms with van der Waals surface area (Å²) in [6.07, 6.45) is 1.63. The van der Waals surface area contributed by atoms with E-state index in [1.807, 2.05) is 6.92 Å². The van der Waals surface area contributed by atoms with Crippen molar-refractivity contribution in [3.05, 3.63) is 29.8 Å². The Bertz CT molecular complexity index is 327. The predicted molar refractivity (Wildman–Crippen MR) is 66.1 cm³/mol. The first-order valence-electron chi connectivity index (χ1n) is 6.02. The van der Waals surface area contributed by atoms with Crippen LogP contribution >= 0.6 is 0 Å². The van der Waals surface area contributed by atoms with Gasteiger partial charge in [0.05, 0.1) is 18.0 Å². The molecule has 0 aliphatic carbocycles. The van der Waals surface area contributed by atoms with Crippen LogP contribution in [0.4, 0.5) is 4.39 Å². The Labute approximate surface area is 102 Å². The molecule has 0 fully saturated rings. The van der Waals surface area contributed by atoms with Crippen molar-refractivity contribution in [2.75, 3.05) is 6.54 Å². The number of aliphatic hydroxyl groups is 1. The maximum absolute atomic E-state index is 12.7. The summed E-state index contributed by atoms with van der Waals surface area (Å²) in [6.45, 7) is 6.63. The van der Waals surface area contributed by atoms with Gasteiger partial charge in [-0.05, 0) is 31.4 Å². The molecule has 0 amide bonds. The summed E-state index contributed by atoms with van der Waals surface area (Å²) in [5, 5.41) is 12.9. The number of hydrogen-bond acceptors (Lipinski definition) is 3. The fourth-order valence-corrected chi connectivity index (χ4v) is 1.69. The first kappa shape index (κ1) is 14.1. The Morgan fingerprint density at radius 2 is 2.06 bits per heavy atom. The number of halogens is 1. The second kappa shape index (κ2) is 6.67. The summed E-state index contributed by atoms with van der Waals surface area (Å²) in [5.74, 6) is 0.145. The van der Waals surface area contributed by atoms with Crippen molar-refractivity contribution in [2.24, 2.45) is 5.92 Å². The first-order chi connectivity index (χ1) is 7.99. The Morgan fingerprint density at radius 1 is 1.35 bits per heavy atom. The summed E-state index contributed by atoms with van der Waals surface area (Å²) in [5.41, 5.74) is 0.781. The SMILES string of the molecule is CC(C)CC(O)CNC(C)c1ccc(F)cn1. The molecule has 0 aromatic carbocycles. The molecule has 2 unspecified atom stereocenters. The van der Waals surface area contributed by atoms with Crippen LogP contribution in [0.25, 0.3) is 0 Å². The highest BCUT2D eigenvalue weighted by Crippen LogP contribution is 2.10. The lowest BCUT2D eigenvalue weighted by Gasteiger charge is -2.18. The van der Waals surface area contributed by atoms with E-state index in [2.05, 4.69) is 24.1 Å². The van der Waals surface area contributed by atoms with Gasteiger partial charge in [0.2, 0.25) is 0 Å². The average molecular weight is 240 g/mol. The van der Waals surface area contributed by atoms with Gasteiger partial charge in [0.15, 0.2) is 0 Å². The number of nitrogens with zero attached hydrogens (tertiary/aromatic N) is 1. The molecule has 1 aromatic heterocycles. The lowest BCUT2D eigenvalue weighted by atomic mass is 10.1. The quantitative estimate of drug-likeness (QED) is 0.802. The summed E-state index contributed by atoms with van der Waals surface area (Å²) in [6, 6.07) is 3.06. The summed E-state index contributed by atoms with van der Waals surface area (Å²) in [4.78, 5) is 4.00. The van der Waals surface area contributed by atoms with E-state index in [1.165, 1.54) is 12.3 Å². The molecule has 0 saturated heterocycles. The minimum Gasteiger partial charge on any atom is -0.392 e. The predicted octanol–water partition coefficient (Wildman–Crippen LogP) is 2.28. The van der Waals surface area contributed by atoms with Crippen LogP contribution in [0.1, 0.15) is 38.9 Å². The van der Waals surface area contributed by atoms with Crippen molar-refractivity contribution in [1.29, 1.82) is 0 Å². The Kier molecular flexibility index (Phi) is 5.51. The lowest BCUT2D eigenvalue weighted by molar-refractivity contribution is 0.143. The van der Waals surface area contributed by atoms with Gasteiger partial charge < -0.3 is 10.4 Å². The molecule has 0 aliphatic heterocycles. The van der Waals surface area contributed by atoms with Crippen LogP contribution in [0, 0.1) is 11.7 Å². The topological polar surface area (TPSA) is 45.1 Å². The van der Waals surface area contributed by atoms with Crippen molar-refractivity contribution >= 4 is 0 Å². The van der Waals surface area contributed by atoms with E-state index in [1.54, 1.807) is 6.07 Å². The molecule has 0 saturated carbocycles. The maximum Gasteiger partial charge on any atom is 0.141 e. The van der Waals surface area contributed by atoms with E-state index in [-0.39, 0.29) is 18.0 Å². The van der Waals surface area contributed by atoms with Gasteiger partial charge in [-0.3, -0.25) is 4.98 Å². The van der Waals surface area contributed by atoms with Crippen molar-refractivity contribution < 1.29 is 9.50 Å². The van der Waals surface area contributed by atoms with Crippen molar-refractivity contribution in [3.63, 3.8) is 0 Å². The van der Waals surface area contributed by atoms with Crippen LogP contribution in [0.5, 0.6) is 0 Å². The Morgan fingerprint density at radius 3 is 2.59 bits per heavy atom. The second-order valence-corrected chi connectivity index (χ2v) is 4.81. The highest BCUT2D eigenvalue weighted by Gasteiger charge is 2.10. The van der Waals surface area contributed by atoms with Gasteiger partial charge in [0, 0.05) is 12.6 Å². The van der Waals surface area contributed by atoms with Crippen LogP contribution < -0.4 is 5.32 Å². The molecule has 0 spiro atoms. The van der Waals surface area contributed by atoms with Gasteiger partial charge >= 0.3 is 0 Å². The summed E-state index contributed by atoms with van der Waals surface area (Å²) < 4.78 is 12.7. The van der Waals surface area contributed by atoms with Crippen LogP contribution in [-0.4, -0.2) is 22.7 Å². The molecular formula is C13H21FN2O. The fraction of sp³-hybridized carbons (Fsp3) is 0.615. The number of pyridine rings is 1. The van der Waals surface area contributed by atoms with Crippen LogP contribution in [0.2, 0.25) is 0 Å². The molecule has 2 atom stereocenters. The first-order valence-corrected chi connectivity index (χ1v) is 6.02. The molecule has 17 heavy (non-hydrogen) atoms. The van der Waals surface area contributed by atoms with E-state index in [0.29, 0.717) is 12.5 Å². The molecule has 1 rings (SSSR count). The van der Waals surface area contributed by atoms with Crippen molar-refractivity contribution in [1.82, 2.24) is 10.3 Å². The molecule has 2 N–H and O–H groups in total. The van der Waals surface area contributed by atoms with Gasteiger partial charge in [-0.25, -0.2) is 4.39 Å². The van der Waals surface area contributed by atoms with E-state index >= 15 is 0 Å². The summed E-state index contributed by atoms with van der Waals surface area (Å²) >= 11 is 0. The number of nitrogens with one attached hydrogen (secondary N) is 1. The lowest BCUT2D eigenvalue weighted by Crippen LogP contribution is -2.30. The fourth-order valence-electron chi connectivity index (χ4n) is 1.69. The monoisotopic (exact) mass is 240 g/mol. The smallest absolute Gasteiger partial charge is 0.141 e. The Hall–Kier alpha value is -1.00. The van der Waals surface area contributed by atoms with Crippen LogP contribution in [0.15, 0.2) is 18.3 Å². The zero-order chi connectivity index (χ0) is 12.8. The maximum atomic E-state index is 12.7. The molecule has 0 aliphatic rings. The van der Waals surface area contributed by atoms with E-state index < -0.39 is 0 Å². The van der Waals surface area contributed by atoms with Crippen molar-refractivity contribution in [2.45, 2.75) is 39.3 Å². The molecule has 96 valence electrons. The van der Waals surface area contributed by atoms with Gasteiger partial charge in [0.25, 0.3) is 0 Å². The molecular weight excluding hydrogens is 219 g/mol. The second-order valence-electron chi connectivity index (χ2n) is 4.81. The van der Waals surface area contributed by atoms with E-state index in [0.717, 1.165) is 12.1 Å². The third-order valence-corrected chi connectivity index (χ3v) is 2.60. The van der Waals surface area contributed by atoms with Gasteiger partial charge in [-0.15, -0.1) is 0 Å². The summed E-state index contributed by atoms with van der Waals surface area (Å²) in [7, 11) is 0. The highest BCUT2D eigenvalue weighted by molar-refractivity contribution is 5.08. The zero-order valence-corrected chi connectivity index (χ0v) is 10.7. The average Bonchev–Trinajstić information content (AvgIpc) is 2.26. The zero-order valence-electron chi connectivity index (χ0n) is 10.7. The van der Waals surface area contributed by atoms with Gasteiger partial charge in [-0.1, -0.05) is 13.8 Å². The molecule has 1 aromatic rings. The normalized spacial score (nSPS) is 14.9. The number of aliphatic hydroxyl groups excluding tert-OH is 1. The largest absolute Gasteiger partial charge is 0.392 e. The van der Waals surface area contributed by atoms with Gasteiger partial charge in [-0.2, -0.15) is 0 Å². The molecule has 4 heteroatoms. The molecule has 1 heterocycles. The van der Waals surface area contributed by atoms with Gasteiger partial charge in [0.1, 0.15) is 5.82 Å². The molecule has 0 bridgehead atoms. The minimum absolute atomic E-state index is 0.0115. The third-order valence-electron chi connectivity index (χ3n) is 2.60. The number of hydrogen-bond donors (Lipinski definition) is 2. The van der Waals surface area contributed by atoms with Crippen LogP contribution in [-0.2, 0) is 0 Å². The number of rotatable bonds is 6. The number of aromatic nitrogens is 1. The van der Waals surface area contributed by atoms with E-state index in [9.17, 15) is 9.50 Å². The minimum atomic E-state index is -0.349. The van der Waals surface area contributed by atoms with Crippen molar-refractivity contribution in [3.8, 4) is 0 Å². The molecule has 3 nitrogen and oxygen atoms in total. The highest BCUT2D eigenvalue weighted by atomic mass is 19.1. The van der Waals surface area contributed by atoms with E-state index in [4.69, 9.17) is 0 Å². The standard InChI is InChI=1S/C13H21FN2O/c1-9(2)6-12(17)8-15-10(3)13-5-4-11(14)7-16-13/h4-5,7,9-10,12,15,17H,6,8H2,1-3H3. The van der Waals surface area contributed by atoms with Crippen LogP contribution in [0.3, 0.4) is 0 Å². The third kappa shape index (κ3) is 5.24. The Balaban J connectivity index is 2.39.